The van der Waals surface area contributed by atoms with Crippen molar-refractivity contribution >= 4 is 11.8 Å². The number of hydrogen-bond donors (Lipinski definition) is 1. The van der Waals surface area contributed by atoms with E-state index in [1.54, 1.807) is 11.8 Å². The Morgan fingerprint density at radius 3 is 2.26 bits per heavy atom. The van der Waals surface area contributed by atoms with Crippen molar-refractivity contribution in [3.05, 3.63) is 65.2 Å². The third-order valence-electron chi connectivity index (χ3n) is 4.72. The summed E-state index contributed by atoms with van der Waals surface area (Å²) in [5.41, 5.74) is 1.30. The number of piperazine rings is 1. The van der Waals surface area contributed by atoms with Gasteiger partial charge in [0.05, 0.1) is 12.7 Å². The predicted molar refractivity (Wildman–Crippen MR) is 97.8 cm³/mol. The van der Waals surface area contributed by atoms with E-state index >= 15 is 0 Å². The zero-order valence-electron chi connectivity index (χ0n) is 15.1. The van der Waals surface area contributed by atoms with Crippen LogP contribution in [-0.4, -0.2) is 42.3 Å². The Morgan fingerprint density at radius 1 is 1.11 bits per heavy atom. The number of anilines is 1. The van der Waals surface area contributed by atoms with E-state index in [1.165, 1.54) is 17.0 Å². The quantitative estimate of drug-likeness (QED) is 0.856. The molecule has 0 bridgehead atoms. The molecule has 144 valence electrons. The van der Waals surface area contributed by atoms with Gasteiger partial charge in [0.2, 0.25) is 0 Å². The number of carbonyl (C=O) groups is 1. The smallest absolute Gasteiger partial charge is 0.407 e. The van der Waals surface area contributed by atoms with Crippen LogP contribution >= 0.6 is 0 Å². The average molecular weight is 376 g/mol. The van der Waals surface area contributed by atoms with Crippen molar-refractivity contribution in [1.29, 1.82) is 0 Å². The standard InChI is InChI=1S/C20H22F2N2O3/c1-14(27-13-15-5-3-2-4-6-15)16-11-17(21)19(18(22)12-16)23-7-9-24(10-8-23)20(25)26/h2-6,11-12,14H,7-10,13H2,1H3,(H,25,26). The second-order valence-corrected chi connectivity index (χ2v) is 6.53. The summed E-state index contributed by atoms with van der Waals surface area (Å²) in [6.45, 7) is 3.03. The molecule has 0 radical (unpaired) electrons. The fourth-order valence-corrected chi connectivity index (χ4v) is 3.13. The van der Waals surface area contributed by atoms with Crippen LogP contribution in [0.4, 0.5) is 19.3 Å². The molecular formula is C20H22F2N2O3. The summed E-state index contributed by atoms with van der Waals surface area (Å²) in [6.07, 6.45) is -1.48. The van der Waals surface area contributed by atoms with Crippen LogP contribution in [-0.2, 0) is 11.3 Å². The minimum Gasteiger partial charge on any atom is -0.465 e. The van der Waals surface area contributed by atoms with Crippen LogP contribution in [0.25, 0.3) is 0 Å². The molecule has 3 rings (SSSR count). The summed E-state index contributed by atoms with van der Waals surface area (Å²) in [7, 11) is 0. The number of nitrogens with zero attached hydrogens (tertiary/aromatic N) is 2. The number of benzene rings is 2. The summed E-state index contributed by atoms with van der Waals surface area (Å²) in [5.74, 6) is -1.33. The number of halogens is 2. The van der Waals surface area contributed by atoms with Crippen LogP contribution in [0.3, 0.4) is 0 Å². The summed E-state index contributed by atoms with van der Waals surface area (Å²) < 4.78 is 34.9. The Hall–Kier alpha value is -2.67. The lowest BCUT2D eigenvalue weighted by Crippen LogP contribution is -2.48. The maximum absolute atomic E-state index is 14.6. The summed E-state index contributed by atoms with van der Waals surface area (Å²) in [4.78, 5) is 13.7. The van der Waals surface area contributed by atoms with Crippen molar-refractivity contribution in [1.82, 2.24) is 4.90 Å². The molecule has 0 aromatic heterocycles. The largest absolute Gasteiger partial charge is 0.465 e. The van der Waals surface area contributed by atoms with Crippen LogP contribution in [0.1, 0.15) is 24.2 Å². The van der Waals surface area contributed by atoms with E-state index in [1.807, 2.05) is 30.3 Å². The monoisotopic (exact) mass is 376 g/mol. The highest BCUT2D eigenvalue weighted by atomic mass is 19.1. The lowest BCUT2D eigenvalue weighted by molar-refractivity contribution is 0.0521. The van der Waals surface area contributed by atoms with Gasteiger partial charge in [-0.15, -0.1) is 0 Å². The first-order chi connectivity index (χ1) is 13.0. The van der Waals surface area contributed by atoms with Gasteiger partial charge in [-0.2, -0.15) is 0 Å². The first-order valence-electron chi connectivity index (χ1n) is 8.83. The number of hydrogen-bond acceptors (Lipinski definition) is 3. The first kappa shape index (κ1) is 19.1. The lowest BCUT2D eigenvalue weighted by atomic mass is 10.1. The molecule has 1 amide bonds. The molecule has 1 fully saturated rings. The topological polar surface area (TPSA) is 53.0 Å². The van der Waals surface area contributed by atoms with Crippen molar-refractivity contribution in [2.75, 3.05) is 31.1 Å². The second kappa shape index (κ2) is 8.35. The minimum atomic E-state index is -1.02. The molecule has 5 nitrogen and oxygen atoms in total. The van der Waals surface area contributed by atoms with Crippen molar-refractivity contribution in [2.45, 2.75) is 19.6 Å². The first-order valence-corrected chi connectivity index (χ1v) is 8.83. The fourth-order valence-electron chi connectivity index (χ4n) is 3.13. The Balaban J connectivity index is 1.68. The minimum absolute atomic E-state index is 0.112. The van der Waals surface area contributed by atoms with Crippen LogP contribution in [0.2, 0.25) is 0 Å². The van der Waals surface area contributed by atoms with E-state index < -0.39 is 23.8 Å². The molecule has 2 aromatic carbocycles. The highest BCUT2D eigenvalue weighted by molar-refractivity contribution is 5.65. The van der Waals surface area contributed by atoms with E-state index in [2.05, 4.69) is 0 Å². The second-order valence-electron chi connectivity index (χ2n) is 6.53. The number of carboxylic acid groups (broad SMARTS) is 1. The summed E-state index contributed by atoms with van der Waals surface area (Å²) in [5, 5.41) is 8.98. The van der Waals surface area contributed by atoms with E-state index in [4.69, 9.17) is 9.84 Å². The molecule has 1 saturated heterocycles. The van der Waals surface area contributed by atoms with Crippen molar-refractivity contribution in [3.63, 3.8) is 0 Å². The molecular weight excluding hydrogens is 354 g/mol. The number of ether oxygens (including phenoxy) is 1. The van der Waals surface area contributed by atoms with Gasteiger partial charge in [-0.1, -0.05) is 30.3 Å². The van der Waals surface area contributed by atoms with Crippen molar-refractivity contribution in [3.8, 4) is 0 Å². The molecule has 7 heteroatoms. The lowest BCUT2D eigenvalue weighted by Gasteiger charge is -2.35. The molecule has 0 spiro atoms. The molecule has 1 aliphatic heterocycles. The molecule has 1 heterocycles. The Kier molecular flexibility index (Phi) is 5.91. The highest BCUT2D eigenvalue weighted by Gasteiger charge is 2.25. The SMILES string of the molecule is CC(OCc1ccccc1)c1cc(F)c(N2CCN(C(=O)O)CC2)c(F)c1. The van der Waals surface area contributed by atoms with Gasteiger partial charge in [-0.05, 0) is 30.2 Å². The van der Waals surface area contributed by atoms with E-state index in [-0.39, 0.29) is 31.9 Å². The van der Waals surface area contributed by atoms with Crippen LogP contribution in [0.15, 0.2) is 42.5 Å². The van der Waals surface area contributed by atoms with Crippen LogP contribution in [0.5, 0.6) is 0 Å². The molecule has 1 aliphatic rings. The normalized spacial score (nSPS) is 15.7. The average Bonchev–Trinajstić information content (AvgIpc) is 2.66. The van der Waals surface area contributed by atoms with Gasteiger partial charge in [-0.3, -0.25) is 0 Å². The van der Waals surface area contributed by atoms with Gasteiger partial charge in [0.15, 0.2) is 0 Å². The highest BCUT2D eigenvalue weighted by Crippen LogP contribution is 2.29. The number of rotatable bonds is 5. The van der Waals surface area contributed by atoms with Crippen LogP contribution < -0.4 is 4.90 Å². The van der Waals surface area contributed by atoms with Gasteiger partial charge in [0.1, 0.15) is 17.3 Å². The van der Waals surface area contributed by atoms with Crippen LogP contribution in [0, 0.1) is 11.6 Å². The van der Waals surface area contributed by atoms with Gasteiger partial charge in [0.25, 0.3) is 0 Å². The molecule has 1 unspecified atom stereocenters. The molecule has 1 atom stereocenters. The van der Waals surface area contributed by atoms with E-state index in [0.717, 1.165) is 5.56 Å². The maximum atomic E-state index is 14.6. The van der Waals surface area contributed by atoms with E-state index in [9.17, 15) is 13.6 Å². The van der Waals surface area contributed by atoms with Gasteiger partial charge >= 0.3 is 6.09 Å². The Morgan fingerprint density at radius 2 is 1.70 bits per heavy atom. The van der Waals surface area contributed by atoms with E-state index in [0.29, 0.717) is 12.2 Å². The zero-order chi connectivity index (χ0) is 19.4. The van der Waals surface area contributed by atoms with Gasteiger partial charge < -0.3 is 19.6 Å². The fraction of sp³-hybridized carbons (Fsp3) is 0.350. The molecule has 0 aliphatic carbocycles. The molecule has 0 saturated carbocycles. The molecule has 27 heavy (non-hydrogen) atoms. The molecule has 1 N–H and O–H groups in total. The summed E-state index contributed by atoms with van der Waals surface area (Å²) in [6, 6.07) is 12.1. The Bertz CT molecular complexity index is 770. The predicted octanol–water partition coefficient (Wildman–Crippen LogP) is 4.04. The number of amides is 1. The molecule has 2 aromatic rings. The Labute approximate surface area is 156 Å². The third kappa shape index (κ3) is 4.54. The van der Waals surface area contributed by atoms with Crippen molar-refractivity contribution < 1.29 is 23.4 Å². The van der Waals surface area contributed by atoms with Crippen molar-refractivity contribution in [2.24, 2.45) is 0 Å². The summed E-state index contributed by atoms with van der Waals surface area (Å²) >= 11 is 0. The zero-order valence-corrected chi connectivity index (χ0v) is 15.1. The maximum Gasteiger partial charge on any atom is 0.407 e. The van der Waals surface area contributed by atoms with Gasteiger partial charge in [-0.25, -0.2) is 13.6 Å². The third-order valence-corrected chi connectivity index (χ3v) is 4.72. The van der Waals surface area contributed by atoms with Gasteiger partial charge in [0, 0.05) is 26.2 Å².